The Morgan fingerprint density at radius 2 is 1.61 bits per heavy atom. The molecule has 0 N–H and O–H groups in total. The SMILES string of the molecule is C[Se]/C(=C/c1ccccc1)SCc1ccccc1. The molecule has 92 valence electrons. The Balaban J connectivity index is 2.00. The number of benzene rings is 2. The topological polar surface area (TPSA) is 0 Å². The van der Waals surface area contributed by atoms with Crippen molar-refractivity contribution in [2.45, 2.75) is 11.6 Å². The standard InChI is InChI=1S/C16H16SSe/c1-18-16(12-14-8-4-2-5-9-14)17-13-15-10-6-3-7-11-15/h2-12H,13H2,1H3/b16-12+. The molecule has 0 fully saturated rings. The van der Waals surface area contributed by atoms with Gasteiger partial charge in [-0.15, -0.1) is 0 Å². The van der Waals surface area contributed by atoms with Gasteiger partial charge in [0.15, 0.2) is 0 Å². The van der Waals surface area contributed by atoms with Crippen LogP contribution in [0.1, 0.15) is 11.1 Å². The van der Waals surface area contributed by atoms with Crippen LogP contribution in [0.3, 0.4) is 0 Å². The predicted molar refractivity (Wildman–Crippen MR) is 83.8 cm³/mol. The van der Waals surface area contributed by atoms with Crippen molar-refractivity contribution in [1.29, 1.82) is 0 Å². The van der Waals surface area contributed by atoms with Crippen LogP contribution in [0, 0.1) is 0 Å². The zero-order valence-electron chi connectivity index (χ0n) is 10.4. The number of hydrogen-bond acceptors (Lipinski definition) is 1. The van der Waals surface area contributed by atoms with Gasteiger partial charge in [-0.3, -0.25) is 0 Å². The van der Waals surface area contributed by atoms with Gasteiger partial charge in [-0.25, -0.2) is 0 Å². The van der Waals surface area contributed by atoms with E-state index in [1.165, 1.54) is 14.9 Å². The molecule has 2 aromatic rings. The summed E-state index contributed by atoms with van der Waals surface area (Å²) in [7, 11) is 0. The third-order valence-electron chi connectivity index (χ3n) is 2.51. The van der Waals surface area contributed by atoms with E-state index in [0.717, 1.165) is 5.75 Å². The van der Waals surface area contributed by atoms with Gasteiger partial charge >= 0.3 is 120 Å². The monoisotopic (exact) mass is 320 g/mol. The van der Waals surface area contributed by atoms with Crippen molar-refractivity contribution in [3.05, 3.63) is 75.6 Å². The molecule has 0 nitrogen and oxygen atoms in total. The van der Waals surface area contributed by atoms with Gasteiger partial charge in [0.25, 0.3) is 0 Å². The van der Waals surface area contributed by atoms with Crippen molar-refractivity contribution in [1.82, 2.24) is 0 Å². The van der Waals surface area contributed by atoms with Crippen LogP contribution in [0.5, 0.6) is 0 Å². The van der Waals surface area contributed by atoms with Crippen molar-refractivity contribution in [2.75, 3.05) is 0 Å². The molecule has 0 saturated carbocycles. The van der Waals surface area contributed by atoms with E-state index in [-0.39, 0.29) is 0 Å². The van der Waals surface area contributed by atoms with Crippen LogP contribution in [-0.4, -0.2) is 15.0 Å². The van der Waals surface area contributed by atoms with E-state index in [4.69, 9.17) is 0 Å². The van der Waals surface area contributed by atoms with E-state index in [2.05, 4.69) is 72.6 Å². The zero-order chi connectivity index (χ0) is 12.6. The van der Waals surface area contributed by atoms with Crippen molar-refractivity contribution in [2.24, 2.45) is 0 Å². The summed E-state index contributed by atoms with van der Waals surface area (Å²) in [4.78, 5) is 0. The van der Waals surface area contributed by atoms with Crippen LogP contribution in [0.25, 0.3) is 6.08 Å². The molecule has 0 spiro atoms. The molecule has 0 aliphatic rings. The normalized spacial score (nSPS) is 11.5. The van der Waals surface area contributed by atoms with Crippen LogP contribution in [-0.2, 0) is 5.75 Å². The molecule has 0 radical (unpaired) electrons. The van der Waals surface area contributed by atoms with E-state index in [1.54, 1.807) is 0 Å². The Bertz CT molecular complexity index is 491. The molecule has 2 rings (SSSR count). The van der Waals surface area contributed by atoms with Gasteiger partial charge in [0, 0.05) is 0 Å². The number of rotatable bonds is 5. The first-order valence-corrected chi connectivity index (χ1v) is 9.41. The van der Waals surface area contributed by atoms with Crippen molar-refractivity contribution in [3.8, 4) is 0 Å². The summed E-state index contributed by atoms with van der Waals surface area (Å²) < 4.78 is 1.50. The van der Waals surface area contributed by atoms with Crippen molar-refractivity contribution >= 4 is 32.8 Å². The summed E-state index contributed by atoms with van der Waals surface area (Å²) in [5, 5.41) is 0. The minimum absolute atomic E-state index is 0.551. The van der Waals surface area contributed by atoms with Crippen molar-refractivity contribution < 1.29 is 0 Å². The molecule has 0 heterocycles. The van der Waals surface area contributed by atoms with Gasteiger partial charge in [-0.1, -0.05) is 0 Å². The van der Waals surface area contributed by atoms with Crippen molar-refractivity contribution in [3.63, 3.8) is 0 Å². The number of hydrogen-bond donors (Lipinski definition) is 0. The van der Waals surface area contributed by atoms with E-state index >= 15 is 0 Å². The van der Waals surface area contributed by atoms with Gasteiger partial charge < -0.3 is 0 Å². The van der Waals surface area contributed by atoms with E-state index in [0.29, 0.717) is 15.0 Å². The summed E-state index contributed by atoms with van der Waals surface area (Å²) in [6.45, 7) is 0. The quantitative estimate of drug-likeness (QED) is 0.722. The molecule has 18 heavy (non-hydrogen) atoms. The second-order valence-electron chi connectivity index (χ2n) is 3.85. The summed E-state index contributed by atoms with van der Waals surface area (Å²) in [5.74, 6) is 3.34. The molecule has 0 amide bonds. The van der Waals surface area contributed by atoms with Gasteiger partial charge in [0.05, 0.1) is 0 Å². The molecule has 2 heteroatoms. The first kappa shape index (κ1) is 13.5. The van der Waals surface area contributed by atoms with Crippen LogP contribution in [0.4, 0.5) is 0 Å². The van der Waals surface area contributed by atoms with Gasteiger partial charge in [0.2, 0.25) is 0 Å². The van der Waals surface area contributed by atoms with Crippen LogP contribution in [0.15, 0.2) is 64.5 Å². The van der Waals surface area contributed by atoms with Crippen LogP contribution < -0.4 is 0 Å². The summed E-state index contributed by atoms with van der Waals surface area (Å²) in [6.07, 6.45) is 2.31. The van der Waals surface area contributed by atoms with E-state index < -0.39 is 0 Å². The van der Waals surface area contributed by atoms with Crippen LogP contribution in [0.2, 0.25) is 5.82 Å². The van der Waals surface area contributed by atoms with E-state index in [1.807, 2.05) is 11.8 Å². The molecule has 0 atom stereocenters. The summed E-state index contributed by atoms with van der Waals surface area (Å²) in [5.41, 5.74) is 2.70. The zero-order valence-corrected chi connectivity index (χ0v) is 12.9. The second-order valence-corrected chi connectivity index (χ2v) is 7.23. The number of thioether (sulfide) groups is 1. The average Bonchev–Trinajstić information content (AvgIpc) is 2.45. The third kappa shape index (κ3) is 4.38. The molecule has 0 aliphatic carbocycles. The molecular formula is C16H16SSe. The van der Waals surface area contributed by atoms with Gasteiger partial charge in [-0.05, 0) is 0 Å². The first-order chi connectivity index (χ1) is 8.88. The Labute approximate surface area is 120 Å². The predicted octanol–water partition coefficient (Wildman–Crippen LogP) is 4.67. The average molecular weight is 319 g/mol. The third-order valence-corrected chi connectivity index (χ3v) is 6.09. The van der Waals surface area contributed by atoms with E-state index in [9.17, 15) is 0 Å². The molecule has 0 unspecified atom stereocenters. The Morgan fingerprint density at radius 3 is 2.22 bits per heavy atom. The fourth-order valence-corrected chi connectivity index (χ4v) is 4.06. The Kier molecular flexibility index (Phi) is 5.60. The fraction of sp³-hybridized carbons (Fsp3) is 0.125. The molecular weight excluding hydrogens is 303 g/mol. The second kappa shape index (κ2) is 7.48. The molecule has 0 aromatic heterocycles. The van der Waals surface area contributed by atoms with Gasteiger partial charge in [0.1, 0.15) is 0 Å². The summed E-state index contributed by atoms with van der Waals surface area (Å²) in [6, 6.07) is 21.2. The molecule has 0 aliphatic heterocycles. The fourth-order valence-electron chi connectivity index (χ4n) is 1.57. The van der Waals surface area contributed by atoms with Gasteiger partial charge in [-0.2, -0.15) is 0 Å². The summed E-state index contributed by atoms with van der Waals surface area (Å²) >= 11 is 2.51. The minimum atomic E-state index is 0.551. The van der Waals surface area contributed by atoms with Crippen LogP contribution >= 0.6 is 11.8 Å². The molecule has 0 bridgehead atoms. The maximum absolute atomic E-state index is 2.31. The molecule has 0 saturated heterocycles. The maximum atomic E-state index is 2.31. The first-order valence-electron chi connectivity index (χ1n) is 5.86. The Morgan fingerprint density at radius 1 is 1.00 bits per heavy atom. The Hall–Kier alpha value is -0.951. The molecule has 2 aromatic carbocycles.